The quantitative estimate of drug-likeness (QED) is 0.163. The minimum absolute atomic E-state index is 0.873. The summed E-state index contributed by atoms with van der Waals surface area (Å²) in [4.78, 5) is 2.35. The molecule has 2 aromatic heterocycles. The first-order chi connectivity index (χ1) is 28.3. The normalized spacial score (nSPS) is 11.5. The summed E-state index contributed by atoms with van der Waals surface area (Å²) in [7, 11) is 0. The molecule has 0 aliphatic rings. The van der Waals surface area contributed by atoms with Gasteiger partial charge < -0.3 is 13.9 Å². The maximum atomic E-state index is 6.74. The van der Waals surface area contributed by atoms with Crippen molar-refractivity contribution in [1.29, 1.82) is 0 Å². The number of rotatable bonds is 7. The van der Waals surface area contributed by atoms with Crippen LogP contribution < -0.4 is 4.90 Å². The molecule has 268 valence electrons. The van der Waals surface area contributed by atoms with Crippen LogP contribution in [0.3, 0.4) is 0 Å². The highest BCUT2D eigenvalue weighted by Gasteiger charge is 2.21. The number of benzene rings is 9. The highest BCUT2D eigenvalue weighted by atomic mass is 16.3. The average molecular weight is 729 g/mol. The first kappa shape index (κ1) is 32.8. The standard InChI is InChI=1S/C54H36N2O/c1-3-15-37(16-4-1)39-17-13-18-40(33-39)38-29-31-43(32-30-38)55(42-20-5-2-6-21-42)45-35-49(54-50(36-45)48-25-9-12-28-53(48)57-54)41-19-14-22-44(34-41)56-51-26-10-7-23-46(51)47-24-8-11-27-52(47)56/h1-36H. The summed E-state index contributed by atoms with van der Waals surface area (Å²) < 4.78 is 9.11. The van der Waals surface area contributed by atoms with Crippen molar-refractivity contribution in [3.05, 3.63) is 218 Å². The van der Waals surface area contributed by atoms with Gasteiger partial charge in [-0.1, -0.05) is 146 Å². The van der Waals surface area contributed by atoms with E-state index in [1.807, 2.05) is 6.07 Å². The molecule has 9 aromatic carbocycles. The number of aromatic nitrogens is 1. The summed E-state index contributed by atoms with van der Waals surface area (Å²) in [6.07, 6.45) is 0. The van der Waals surface area contributed by atoms with Crippen molar-refractivity contribution in [1.82, 2.24) is 4.57 Å². The largest absolute Gasteiger partial charge is 0.455 e. The molecule has 0 aliphatic carbocycles. The van der Waals surface area contributed by atoms with Gasteiger partial charge in [-0.05, 0) is 101 Å². The molecular formula is C54H36N2O. The van der Waals surface area contributed by atoms with E-state index in [1.54, 1.807) is 0 Å². The second kappa shape index (κ2) is 13.6. The van der Waals surface area contributed by atoms with Gasteiger partial charge in [0.1, 0.15) is 11.2 Å². The zero-order chi connectivity index (χ0) is 37.7. The molecular weight excluding hydrogens is 693 g/mol. The summed E-state index contributed by atoms with van der Waals surface area (Å²) in [5, 5.41) is 4.66. The van der Waals surface area contributed by atoms with E-state index in [1.165, 1.54) is 44.1 Å². The zero-order valence-corrected chi connectivity index (χ0v) is 31.1. The number of fused-ring (bicyclic) bond motifs is 6. The van der Waals surface area contributed by atoms with Crippen LogP contribution in [0.2, 0.25) is 0 Å². The number of furan rings is 1. The lowest BCUT2D eigenvalue weighted by Gasteiger charge is -2.26. The predicted molar refractivity (Wildman–Crippen MR) is 239 cm³/mol. The molecule has 57 heavy (non-hydrogen) atoms. The molecule has 0 saturated heterocycles. The summed E-state index contributed by atoms with van der Waals surface area (Å²) in [5.74, 6) is 0. The van der Waals surface area contributed by atoms with Crippen LogP contribution in [-0.4, -0.2) is 4.57 Å². The Balaban J connectivity index is 1.08. The van der Waals surface area contributed by atoms with E-state index < -0.39 is 0 Å². The number of hydrogen-bond donors (Lipinski definition) is 0. The van der Waals surface area contributed by atoms with Crippen LogP contribution in [0.5, 0.6) is 0 Å². The summed E-state index contributed by atoms with van der Waals surface area (Å²) in [6, 6.07) is 78.1. The molecule has 0 fully saturated rings. The molecule has 3 nitrogen and oxygen atoms in total. The molecule has 0 amide bonds. The Morgan fingerprint density at radius 1 is 0.333 bits per heavy atom. The lowest BCUT2D eigenvalue weighted by Crippen LogP contribution is -2.10. The van der Waals surface area contributed by atoms with E-state index in [4.69, 9.17) is 4.42 Å². The fraction of sp³-hybridized carbons (Fsp3) is 0. The Labute approximate surface area is 330 Å². The van der Waals surface area contributed by atoms with E-state index >= 15 is 0 Å². The Kier molecular flexibility index (Phi) is 7.82. The van der Waals surface area contributed by atoms with Crippen molar-refractivity contribution < 1.29 is 4.42 Å². The maximum Gasteiger partial charge on any atom is 0.143 e. The fourth-order valence-corrected chi connectivity index (χ4v) is 8.50. The molecule has 11 aromatic rings. The van der Waals surface area contributed by atoms with Crippen LogP contribution in [0, 0.1) is 0 Å². The van der Waals surface area contributed by atoms with Crippen molar-refractivity contribution in [3.63, 3.8) is 0 Å². The number of anilines is 3. The van der Waals surface area contributed by atoms with Crippen LogP contribution in [0.25, 0.3) is 82.8 Å². The molecule has 0 atom stereocenters. The Bertz CT molecular complexity index is 3180. The molecule has 3 heteroatoms. The van der Waals surface area contributed by atoms with Crippen LogP contribution in [-0.2, 0) is 0 Å². The summed E-state index contributed by atoms with van der Waals surface area (Å²) in [5.41, 5.74) is 15.3. The number of hydrogen-bond acceptors (Lipinski definition) is 2. The summed E-state index contributed by atoms with van der Waals surface area (Å²) >= 11 is 0. The van der Waals surface area contributed by atoms with Gasteiger partial charge in [0.25, 0.3) is 0 Å². The van der Waals surface area contributed by atoms with Crippen LogP contribution in [0.4, 0.5) is 17.1 Å². The third-order valence-electron chi connectivity index (χ3n) is 11.2. The third kappa shape index (κ3) is 5.68. The van der Waals surface area contributed by atoms with Gasteiger partial charge in [-0.15, -0.1) is 0 Å². The van der Waals surface area contributed by atoms with Crippen LogP contribution in [0.15, 0.2) is 223 Å². The minimum atomic E-state index is 0.873. The molecule has 11 rings (SSSR count). The fourth-order valence-electron chi connectivity index (χ4n) is 8.50. The Morgan fingerprint density at radius 2 is 0.877 bits per heavy atom. The Morgan fingerprint density at radius 3 is 1.60 bits per heavy atom. The second-order valence-corrected chi connectivity index (χ2v) is 14.6. The molecule has 0 unspecified atom stereocenters. The van der Waals surface area contributed by atoms with Crippen molar-refractivity contribution in [2.24, 2.45) is 0 Å². The topological polar surface area (TPSA) is 21.3 Å². The van der Waals surface area contributed by atoms with E-state index in [9.17, 15) is 0 Å². The first-order valence-electron chi connectivity index (χ1n) is 19.4. The molecule has 0 spiro atoms. The SMILES string of the molecule is c1ccc(-c2cccc(-c3ccc(N(c4ccccc4)c4cc(-c5cccc(-n6c7ccccc7c7ccccc76)c5)c5oc6ccccc6c5c4)cc3)c2)cc1. The molecule has 0 aliphatic heterocycles. The lowest BCUT2D eigenvalue weighted by atomic mass is 9.98. The van der Waals surface area contributed by atoms with Crippen LogP contribution in [0.1, 0.15) is 0 Å². The van der Waals surface area contributed by atoms with Gasteiger partial charge in [-0.25, -0.2) is 0 Å². The highest BCUT2D eigenvalue weighted by Crippen LogP contribution is 2.44. The van der Waals surface area contributed by atoms with E-state index in [0.717, 1.165) is 55.8 Å². The van der Waals surface area contributed by atoms with Crippen LogP contribution >= 0.6 is 0 Å². The van der Waals surface area contributed by atoms with Gasteiger partial charge in [0, 0.05) is 49.9 Å². The van der Waals surface area contributed by atoms with Gasteiger partial charge >= 0.3 is 0 Å². The molecule has 0 bridgehead atoms. The predicted octanol–water partition coefficient (Wildman–Crippen LogP) is 15.2. The molecule has 2 heterocycles. The first-order valence-corrected chi connectivity index (χ1v) is 19.4. The molecule has 0 N–H and O–H groups in total. The van der Waals surface area contributed by atoms with Gasteiger partial charge in [0.05, 0.1) is 11.0 Å². The highest BCUT2D eigenvalue weighted by molar-refractivity contribution is 6.12. The molecule has 0 saturated carbocycles. The van der Waals surface area contributed by atoms with Crippen molar-refractivity contribution in [3.8, 4) is 39.1 Å². The summed E-state index contributed by atoms with van der Waals surface area (Å²) in [6.45, 7) is 0. The zero-order valence-electron chi connectivity index (χ0n) is 31.1. The third-order valence-corrected chi connectivity index (χ3v) is 11.2. The van der Waals surface area contributed by atoms with Crippen molar-refractivity contribution in [2.45, 2.75) is 0 Å². The average Bonchev–Trinajstić information content (AvgIpc) is 3.83. The smallest absolute Gasteiger partial charge is 0.143 e. The maximum absolute atomic E-state index is 6.74. The monoisotopic (exact) mass is 728 g/mol. The van der Waals surface area contributed by atoms with E-state index in [-0.39, 0.29) is 0 Å². The van der Waals surface area contributed by atoms with E-state index in [2.05, 4.69) is 222 Å². The number of para-hydroxylation sites is 4. The van der Waals surface area contributed by atoms with Gasteiger partial charge in [0.15, 0.2) is 0 Å². The van der Waals surface area contributed by atoms with Gasteiger partial charge in [0.2, 0.25) is 0 Å². The molecule has 0 radical (unpaired) electrons. The van der Waals surface area contributed by atoms with E-state index in [0.29, 0.717) is 0 Å². The second-order valence-electron chi connectivity index (χ2n) is 14.6. The Hall–Kier alpha value is -7.62. The number of nitrogens with zero attached hydrogens (tertiary/aromatic N) is 2. The lowest BCUT2D eigenvalue weighted by molar-refractivity contribution is 0.670. The van der Waals surface area contributed by atoms with Gasteiger partial charge in [-0.3, -0.25) is 0 Å². The van der Waals surface area contributed by atoms with Crippen molar-refractivity contribution in [2.75, 3.05) is 4.90 Å². The van der Waals surface area contributed by atoms with Crippen molar-refractivity contribution >= 4 is 60.8 Å². The van der Waals surface area contributed by atoms with Gasteiger partial charge in [-0.2, -0.15) is 0 Å². The minimum Gasteiger partial charge on any atom is -0.455 e.